The van der Waals surface area contributed by atoms with Crippen molar-refractivity contribution in [2.45, 2.75) is 36.9 Å². The van der Waals surface area contributed by atoms with E-state index in [1.165, 1.54) is 5.54 Å². The van der Waals surface area contributed by atoms with Gasteiger partial charge in [-0.2, -0.15) is 0 Å². The van der Waals surface area contributed by atoms with E-state index in [0.717, 1.165) is 19.3 Å². The molecule has 0 aliphatic heterocycles. The average molecular weight is 305 g/mol. The zero-order valence-corrected chi connectivity index (χ0v) is 12.2. The second-order valence-corrected chi connectivity index (χ2v) is 6.66. The minimum Gasteiger partial charge on any atom is -0.258 e. The maximum Gasteiger partial charge on any atom is 0.555 e. The molecule has 1 rings (SSSR count). The highest BCUT2D eigenvalue weighted by molar-refractivity contribution is 7.39. The van der Waals surface area contributed by atoms with E-state index in [2.05, 4.69) is 0 Å². The third-order valence-corrected chi connectivity index (χ3v) is 4.67. The molecule has 0 spiro atoms. The third-order valence-electron chi connectivity index (χ3n) is 2.65. The van der Waals surface area contributed by atoms with E-state index in [1.807, 2.05) is 0 Å². The molecule has 0 amide bonds. The van der Waals surface area contributed by atoms with Crippen molar-refractivity contribution in [2.24, 2.45) is 5.92 Å². The van der Waals surface area contributed by atoms with Crippen molar-refractivity contribution >= 4 is 42.8 Å². The van der Waals surface area contributed by atoms with E-state index >= 15 is 0 Å². The van der Waals surface area contributed by atoms with Gasteiger partial charge in [0.15, 0.2) is 11.9 Å². The van der Waals surface area contributed by atoms with Gasteiger partial charge in [-0.1, -0.05) is 11.6 Å². The molecule has 0 heterocycles. The average Bonchev–Trinajstić information content (AvgIpc) is 2.26. The molecule has 1 aliphatic rings. The quantitative estimate of drug-likeness (QED) is 0.421. The van der Waals surface area contributed by atoms with Gasteiger partial charge in [0, 0.05) is 22.2 Å². The first-order chi connectivity index (χ1) is 7.58. The zero-order valence-electron chi connectivity index (χ0n) is 9.04. The van der Waals surface area contributed by atoms with Crippen LogP contribution in [0.4, 0.5) is 0 Å². The molecule has 1 saturated carbocycles. The zero-order chi connectivity index (χ0) is 12.1. The third kappa shape index (κ3) is 4.07. The molecular formula is C10H15Cl3O2P+. The molecule has 16 heavy (non-hydrogen) atoms. The molecule has 4 unspecified atom stereocenters. The van der Waals surface area contributed by atoms with Gasteiger partial charge in [-0.3, -0.25) is 4.52 Å². The van der Waals surface area contributed by atoms with Gasteiger partial charge in [0.1, 0.15) is 0 Å². The lowest BCUT2D eigenvalue weighted by molar-refractivity contribution is 0.303. The van der Waals surface area contributed by atoms with Gasteiger partial charge in [-0.15, -0.1) is 23.2 Å². The van der Waals surface area contributed by atoms with Crippen molar-refractivity contribution in [2.75, 3.05) is 6.16 Å². The molecule has 2 nitrogen and oxygen atoms in total. The number of hydrogen-bond acceptors (Lipinski definition) is 2. The maximum absolute atomic E-state index is 11.4. The van der Waals surface area contributed by atoms with Gasteiger partial charge >= 0.3 is 8.03 Å². The van der Waals surface area contributed by atoms with Crippen LogP contribution < -0.4 is 0 Å². The Labute approximate surface area is 112 Å². The Hall–Kier alpha value is 0.510. The summed E-state index contributed by atoms with van der Waals surface area (Å²) in [6.45, 7) is 1.80. The number of halogens is 3. The molecule has 0 aromatic rings. The summed E-state index contributed by atoms with van der Waals surface area (Å²) >= 11 is 17.9. The Balaban J connectivity index is 2.63. The van der Waals surface area contributed by atoms with Crippen molar-refractivity contribution in [1.29, 1.82) is 0 Å². The minimum atomic E-state index is -1.67. The standard InChI is InChI=1S/C10H15Cl3O2P/c1-2-16(14)15-10(6-11)8-4-3-7(12)5-9(8)13/h6-9H,2-5H2,1H3/q+1/b10-6+. The number of hydrogen-bond donors (Lipinski definition) is 0. The van der Waals surface area contributed by atoms with Crippen molar-refractivity contribution in [1.82, 2.24) is 0 Å². The fourth-order valence-electron chi connectivity index (χ4n) is 1.74. The van der Waals surface area contributed by atoms with E-state index < -0.39 is 8.03 Å². The second-order valence-electron chi connectivity index (χ2n) is 3.78. The Bertz CT molecular complexity index is 283. The molecule has 1 aliphatic carbocycles. The van der Waals surface area contributed by atoms with Gasteiger partial charge in [-0.25, -0.2) is 0 Å². The second kappa shape index (κ2) is 7.06. The van der Waals surface area contributed by atoms with Gasteiger partial charge in [0.2, 0.25) is 0 Å². The van der Waals surface area contributed by atoms with Gasteiger partial charge < -0.3 is 0 Å². The lowest BCUT2D eigenvalue weighted by Gasteiger charge is -2.28. The SMILES string of the molecule is CC[P+](=O)O/C(=C/Cl)C1CCC(Cl)CC1Cl. The van der Waals surface area contributed by atoms with Crippen molar-refractivity contribution in [3.63, 3.8) is 0 Å². The normalized spacial score (nSPS) is 32.4. The van der Waals surface area contributed by atoms with Gasteiger partial charge in [-0.05, 0) is 30.8 Å². The number of rotatable bonds is 4. The molecule has 0 radical (unpaired) electrons. The monoisotopic (exact) mass is 303 g/mol. The summed E-state index contributed by atoms with van der Waals surface area (Å²) in [5.74, 6) is 0.563. The molecule has 92 valence electrons. The minimum absolute atomic E-state index is 0.0275. The molecule has 0 bridgehead atoms. The van der Waals surface area contributed by atoms with Crippen molar-refractivity contribution < 1.29 is 9.09 Å². The smallest absolute Gasteiger partial charge is 0.258 e. The lowest BCUT2D eigenvalue weighted by atomic mass is 9.87. The lowest BCUT2D eigenvalue weighted by Crippen LogP contribution is -2.27. The highest BCUT2D eigenvalue weighted by Crippen LogP contribution is 2.40. The van der Waals surface area contributed by atoms with Gasteiger partial charge in [0.25, 0.3) is 0 Å². The van der Waals surface area contributed by atoms with Crippen LogP contribution in [-0.4, -0.2) is 16.9 Å². The van der Waals surface area contributed by atoms with Crippen LogP contribution >= 0.6 is 42.8 Å². The molecule has 1 fully saturated rings. The Morgan fingerprint density at radius 2 is 2.19 bits per heavy atom. The van der Waals surface area contributed by atoms with Crippen molar-refractivity contribution in [3.8, 4) is 0 Å². The molecule has 0 aromatic heterocycles. The molecule has 0 N–H and O–H groups in total. The van der Waals surface area contributed by atoms with Crippen molar-refractivity contribution in [3.05, 3.63) is 11.3 Å². The largest absolute Gasteiger partial charge is 0.555 e. The predicted molar refractivity (Wildman–Crippen MR) is 69.8 cm³/mol. The van der Waals surface area contributed by atoms with Crippen LogP contribution in [0.25, 0.3) is 0 Å². The van der Waals surface area contributed by atoms with Crippen LogP contribution in [0, 0.1) is 5.92 Å². The fourth-order valence-corrected chi connectivity index (χ4v) is 3.43. The van der Waals surface area contributed by atoms with Gasteiger partial charge in [0.05, 0.1) is 0 Å². The van der Waals surface area contributed by atoms with E-state index in [9.17, 15) is 4.57 Å². The van der Waals surface area contributed by atoms with Crippen LogP contribution in [-0.2, 0) is 9.09 Å². The first-order valence-corrected chi connectivity index (χ1v) is 7.96. The number of allylic oxidation sites excluding steroid dienone is 1. The first kappa shape index (κ1) is 14.6. The first-order valence-electron chi connectivity index (χ1n) is 5.29. The summed E-state index contributed by atoms with van der Waals surface area (Å²) in [5.41, 5.74) is 1.34. The summed E-state index contributed by atoms with van der Waals surface area (Å²) < 4.78 is 16.7. The number of alkyl halides is 2. The van der Waals surface area contributed by atoms with Crippen LogP contribution in [0.3, 0.4) is 0 Å². The summed E-state index contributed by atoms with van der Waals surface area (Å²) in [4.78, 5) is 0. The molecule has 4 atom stereocenters. The Morgan fingerprint density at radius 3 is 2.69 bits per heavy atom. The topological polar surface area (TPSA) is 26.3 Å². The van der Waals surface area contributed by atoms with E-state index in [4.69, 9.17) is 39.3 Å². The molecule has 0 saturated heterocycles. The highest BCUT2D eigenvalue weighted by Gasteiger charge is 2.35. The summed E-state index contributed by atoms with van der Waals surface area (Å²) in [6, 6.07) is 0. The van der Waals surface area contributed by atoms with E-state index in [-0.39, 0.29) is 16.7 Å². The fraction of sp³-hybridized carbons (Fsp3) is 0.800. The van der Waals surface area contributed by atoms with Crippen LogP contribution in [0.1, 0.15) is 26.2 Å². The summed E-state index contributed by atoms with van der Waals surface area (Å²) in [6.07, 6.45) is 2.92. The highest BCUT2D eigenvalue weighted by atomic mass is 35.5. The molecule has 6 heteroatoms. The van der Waals surface area contributed by atoms with E-state index in [0.29, 0.717) is 11.9 Å². The predicted octanol–water partition coefficient (Wildman–Crippen LogP) is 4.86. The maximum atomic E-state index is 11.4. The Morgan fingerprint density at radius 1 is 1.50 bits per heavy atom. The molecular weight excluding hydrogens is 289 g/mol. The van der Waals surface area contributed by atoms with Crippen LogP contribution in [0.5, 0.6) is 0 Å². The summed E-state index contributed by atoms with van der Waals surface area (Å²) in [5, 5.41) is 0.0248. The van der Waals surface area contributed by atoms with E-state index in [1.54, 1.807) is 6.92 Å². The van der Waals surface area contributed by atoms with Crippen LogP contribution in [0.15, 0.2) is 11.3 Å². The Kier molecular flexibility index (Phi) is 6.43. The van der Waals surface area contributed by atoms with Crippen LogP contribution in [0.2, 0.25) is 0 Å². The molecule has 0 aromatic carbocycles. The summed E-state index contributed by atoms with van der Waals surface area (Å²) in [7, 11) is -1.67.